The molecule has 0 saturated carbocycles. The molecule has 0 unspecified atom stereocenters. The summed E-state index contributed by atoms with van der Waals surface area (Å²) in [4.78, 5) is 0. The fourth-order valence-electron chi connectivity index (χ4n) is 2.22. The van der Waals surface area contributed by atoms with Gasteiger partial charge in [0.2, 0.25) is 0 Å². The van der Waals surface area contributed by atoms with Gasteiger partial charge in [-0.05, 0) is 31.0 Å². The average Bonchev–Trinajstić information content (AvgIpc) is 2.64. The molecule has 2 rings (SSSR count). The number of rotatable bonds is 9. The highest BCUT2D eigenvalue weighted by Crippen LogP contribution is 2.30. The molecular formula is C20H24O4. The predicted octanol–water partition coefficient (Wildman–Crippen LogP) is 3.73. The first-order chi connectivity index (χ1) is 11.7. The topological polar surface area (TPSA) is 47.9 Å². The van der Waals surface area contributed by atoms with E-state index in [4.69, 9.17) is 14.2 Å². The van der Waals surface area contributed by atoms with Crippen molar-refractivity contribution in [1.29, 1.82) is 0 Å². The molecule has 2 aromatic carbocycles. The summed E-state index contributed by atoms with van der Waals surface area (Å²) in [7, 11) is 1.59. The van der Waals surface area contributed by atoms with Crippen LogP contribution in [-0.4, -0.2) is 25.6 Å². The van der Waals surface area contributed by atoms with Gasteiger partial charge in [-0.15, -0.1) is 0 Å². The van der Waals surface area contributed by atoms with Crippen LogP contribution in [0.2, 0.25) is 0 Å². The van der Waals surface area contributed by atoms with Crippen LogP contribution in [0.4, 0.5) is 0 Å². The lowest BCUT2D eigenvalue weighted by Gasteiger charge is -2.15. The van der Waals surface area contributed by atoms with Crippen LogP contribution in [0.1, 0.15) is 18.1 Å². The highest BCUT2D eigenvalue weighted by Gasteiger charge is 2.10. The molecule has 2 aromatic rings. The van der Waals surface area contributed by atoms with E-state index in [0.29, 0.717) is 13.0 Å². The molecular weight excluding hydrogens is 304 g/mol. The van der Waals surface area contributed by atoms with Crippen LogP contribution in [0.5, 0.6) is 11.5 Å². The molecule has 0 saturated heterocycles. The third-order valence-electron chi connectivity index (χ3n) is 3.56. The maximum Gasteiger partial charge on any atom is 0.188 e. The van der Waals surface area contributed by atoms with Gasteiger partial charge in [-0.1, -0.05) is 48.0 Å². The fourth-order valence-corrected chi connectivity index (χ4v) is 2.22. The van der Waals surface area contributed by atoms with E-state index < -0.39 is 0 Å². The highest BCUT2D eigenvalue weighted by molar-refractivity contribution is 5.46. The van der Waals surface area contributed by atoms with E-state index in [1.165, 1.54) is 0 Å². The van der Waals surface area contributed by atoms with Gasteiger partial charge in [0.15, 0.2) is 6.79 Å². The molecule has 0 fully saturated rings. The molecule has 0 aromatic heterocycles. The number of methoxy groups -OCH3 is 1. The van der Waals surface area contributed by atoms with Crippen LogP contribution in [0.25, 0.3) is 0 Å². The number of hydrogen-bond acceptors (Lipinski definition) is 4. The second-order valence-electron chi connectivity index (χ2n) is 5.47. The van der Waals surface area contributed by atoms with Crippen molar-refractivity contribution in [2.45, 2.75) is 20.0 Å². The van der Waals surface area contributed by atoms with Gasteiger partial charge in [-0.25, -0.2) is 0 Å². The van der Waals surface area contributed by atoms with Crippen molar-refractivity contribution in [1.82, 2.24) is 0 Å². The van der Waals surface area contributed by atoms with Gasteiger partial charge in [-0.3, -0.25) is 0 Å². The van der Waals surface area contributed by atoms with E-state index in [0.717, 1.165) is 28.2 Å². The van der Waals surface area contributed by atoms with Crippen LogP contribution < -0.4 is 9.47 Å². The van der Waals surface area contributed by atoms with Crippen LogP contribution in [0, 0.1) is 0 Å². The van der Waals surface area contributed by atoms with Crippen LogP contribution in [0.15, 0.2) is 60.2 Å². The van der Waals surface area contributed by atoms with Gasteiger partial charge in [0.25, 0.3) is 0 Å². The molecule has 128 valence electrons. The van der Waals surface area contributed by atoms with E-state index in [-0.39, 0.29) is 13.4 Å². The van der Waals surface area contributed by atoms with Gasteiger partial charge in [0.05, 0.1) is 6.61 Å². The lowest BCUT2D eigenvalue weighted by atomic mass is 10.1. The molecule has 4 nitrogen and oxygen atoms in total. The van der Waals surface area contributed by atoms with Crippen molar-refractivity contribution in [3.8, 4) is 11.5 Å². The lowest BCUT2D eigenvalue weighted by molar-refractivity contribution is 0.0502. The third-order valence-corrected chi connectivity index (χ3v) is 3.56. The van der Waals surface area contributed by atoms with E-state index in [9.17, 15) is 5.11 Å². The average molecular weight is 328 g/mol. The predicted molar refractivity (Wildman–Crippen MR) is 94.3 cm³/mol. The van der Waals surface area contributed by atoms with Crippen molar-refractivity contribution >= 4 is 0 Å². The summed E-state index contributed by atoms with van der Waals surface area (Å²) in [6.45, 7) is 2.60. The Kier molecular flexibility index (Phi) is 7.33. The number of aliphatic hydroxyl groups excluding tert-OH is 1. The molecule has 0 aliphatic heterocycles. The fraction of sp³-hybridized carbons (Fsp3) is 0.300. The first kappa shape index (κ1) is 18.0. The van der Waals surface area contributed by atoms with E-state index in [1.807, 2.05) is 61.5 Å². The Balaban J connectivity index is 2.20. The van der Waals surface area contributed by atoms with Crippen molar-refractivity contribution < 1.29 is 19.3 Å². The minimum absolute atomic E-state index is 0.0430. The number of aliphatic hydroxyl groups is 1. The largest absolute Gasteiger partial charge is 0.488 e. The Morgan fingerprint density at radius 2 is 1.71 bits per heavy atom. The Morgan fingerprint density at radius 3 is 2.38 bits per heavy atom. The van der Waals surface area contributed by atoms with Crippen LogP contribution >= 0.6 is 0 Å². The number of hydrogen-bond donors (Lipinski definition) is 1. The van der Waals surface area contributed by atoms with Gasteiger partial charge < -0.3 is 19.3 Å². The molecule has 0 aliphatic carbocycles. The van der Waals surface area contributed by atoms with Crippen molar-refractivity contribution in [2.75, 3.05) is 20.5 Å². The number of ether oxygens (including phenoxy) is 3. The maximum atomic E-state index is 9.19. The minimum atomic E-state index is 0.0430. The summed E-state index contributed by atoms with van der Waals surface area (Å²) in [5.41, 5.74) is 2.96. The molecule has 0 aliphatic rings. The molecule has 4 heteroatoms. The molecule has 0 bridgehead atoms. The second-order valence-corrected chi connectivity index (χ2v) is 5.47. The zero-order chi connectivity index (χ0) is 17.2. The Morgan fingerprint density at radius 1 is 1.00 bits per heavy atom. The number of allylic oxidation sites excluding steroid dienone is 1. The second kappa shape index (κ2) is 9.75. The van der Waals surface area contributed by atoms with Gasteiger partial charge in [-0.2, -0.15) is 0 Å². The third kappa shape index (κ3) is 5.41. The van der Waals surface area contributed by atoms with Gasteiger partial charge in [0.1, 0.15) is 18.1 Å². The first-order valence-electron chi connectivity index (χ1n) is 7.91. The van der Waals surface area contributed by atoms with Crippen molar-refractivity contribution in [3.05, 3.63) is 71.3 Å². The zero-order valence-electron chi connectivity index (χ0n) is 14.2. The van der Waals surface area contributed by atoms with Crippen molar-refractivity contribution in [2.24, 2.45) is 0 Å². The Labute approximate surface area is 143 Å². The molecule has 1 N–H and O–H groups in total. The molecule has 0 radical (unpaired) electrons. The molecule has 24 heavy (non-hydrogen) atoms. The number of benzene rings is 2. The molecule has 0 amide bonds. The van der Waals surface area contributed by atoms with E-state index >= 15 is 0 Å². The summed E-state index contributed by atoms with van der Waals surface area (Å²) in [5, 5.41) is 9.19. The van der Waals surface area contributed by atoms with Crippen LogP contribution in [0.3, 0.4) is 0 Å². The SMILES string of the molecule is COCOc1cccc(OCc2ccccc2)c1C/C=C(/C)CO. The molecule has 0 atom stereocenters. The van der Waals surface area contributed by atoms with Gasteiger partial charge >= 0.3 is 0 Å². The summed E-state index contributed by atoms with van der Waals surface area (Å²) in [5.74, 6) is 1.50. The van der Waals surface area contributed by atoms with E-state index in [1.54, 1.807) is 7.11 Å². The lowest BCUT2D eigenvalue weighted by Crippen LogP contribution is -2.04. The standard InChI is InChI=1S/C20H24O4/c1-16(13-21)11-12-18-19(9-6-10-20(18)24-15-22-2)23-14-17-7-4-3-5-8-17/h3-11,21H,12-15H2,1-2H3/b16-11-. The summed E-state index contributed by atoms with van der Waals surface area (Å²) in [6, 6.07) is 15.7. The maximum absolute atomic E-state index is 9.19. The molecule has 0 heterocycles. The van der Waals surface area contributed by atoms with E-state index in [2.05, 4.69) is 0 Å². The Bertz CT molecular complexity index is 650. The van der Waals surface area contributed by atoms with Crippen LogP contribution in [-0.2, 0) is 17.8 Å². The zero-order valence-corrected chi connectivity index (χ0v) is 14.2. The quantitative estimate of drug-likeness (QED) is 0.563. The highest BCUT2D eigenvalue weighted by atomic mass is 16.7. The minimum Gasteiger partial charge on any atom is -0.488 e. The van der Waals surface area contributed by atoms with Crippen molar-refractivity contribution in [3.63, 3.8) is 0 Å². The summed E-state index contributed by atoms with van der Waals surface area (Å²) in [6.07, 6.45) is 2.60. The first-order valence-corrected chi connectivity index (χ1v) is 7.91. The monoisotopic (exact) mass is 328 g/mol. The Hall–Kier alpha value is -2.30. The summed E-state index contributed by atoms with van der Waals surface area (Å²) < 4.78 is 16.6. The summed E-state index contributed by atoms with van der Waals surface area (Å²) >= 11 is 0. The van der Waals surface area contributed by atoms with Gasteiger partial charge in [0, 0.05) is 12.7 Å². The molecule has 0 spiro atoms. The normalized spacial score (nSPS) is 11.4. The smallest absolute Gasteiger partial charge is 0.188 e.